The molecule has 1 atom stereocenters. The van der Waals surface area contributed by atoms with E-state index in [0.717, 1.165) is 31.9 Å². The van der Waals surface area contributed by atoms with Crippen molar-refractivity contribution in [3.8, 4) is 5.75 Å². The van der Waals surface area contributed by atoms with Crippen molar-refractivity contribution in [1.29, 1.82) is 0 Å². The van der Waals surface area contributed by atoms with Gasteiger partial charge >= 0.3 is 0 Å². The number of nitrogens with one attached hydrogen (secondary N) is 1. The van der Waals surface area contributed by atoms with Gasteiger partial charge in [0.1, 0.15) is 5.75 Å². The molecule has 1 rings (SSSR count). The monoisotopic (exact) mass is 277 g/mol. The second-order valence-corrected chi connectivity index (χ2v) is 7.07. The van der Waals surface area contributed by atoms with Crippen LogP contribution in [0.5, 0.6) is 5.75 Å². The average Bonchev–Trinajstić information content (AvgIpc) is 2.36. The van der Waals surface area contributed by atoms with E-state index in [9.17, 15) is 0 Å². The lowest BCUT2D eigenvalue weighted by atomic mass is 9.79. The van der Waals surface area contributed by atoms with Crippen molar-refractivity contribution in [2.45, 2.75) is 41.0 Å². The summed E-state index contributed by atoms with van der Waals surface area (Å²) < 4.78 is 5.83. The van der Waals surface area contributed by atoms with E-state index in [1.54, 1.807) is 0 Å². The summed E-state index contributed by atoms with van der Waals surface area (Å²) in [6.07, 6.45) is 1.09. The van der Waals surface area contributed by atoms with Crippen LogP contribution in [0.2, 0.25) is 0 Å². The molecule has 0 heterocycles. The standard InChI is InChI=1S/C18H31NO/c1-15(2)13-19-14-16(18(3,4)5)11-12-20-17-9-7-6-8-10-17/h6-10,15-16,19H,11-14H2,1-5H3. The molecule has 1 aromatic rings. The minimum Gasteiger partial charge on any atom is -0.494 e. The summed E-state index contributed by atoms with van der Waals surface area (Å²) in [6.45, 7) is 14.4. The van der Waals surface area contributed by atoms with Crippen LogP contribution in [-0.4, -0.2) is 19.7 Å². The van der Waals surface area contributed by atoms with E-state index in [0.29, 0.717) is 17.3 Å². The van der Waals surface area contributed by atoms with Crippen LogP contribution in [0.25, 0.3) is 0 Å². The van der Waals surface area contributed by atoms with E-state index < -0.39 is 0 Å². The van der Waals surface area contributed by atoms with Crippen LogP contribution >= 0.6 is 0 Å². The van der Waals surface area contributed by atoms with Crippen LogP contribution < -0.4 is 10.1 Å². The largest absolute Gasteiger partial charge is 0.494 e. The summed E-state index contributed by atoms with van der Waals surface area (Å²) in [7, 11) is 0. The highest BCUT2D eigenvalue weighted by atomic mass is 16.5. The molecular formula is C18H31NO. The van der Waals surface area contributed by atoms with Gasteiger partial charge in [-0.25, -0.2) is 0 Å². The van der Waals surface area contributed by atoms with Crippen molar-refractivity contribution >= 4 is 0 Å². The Morgan fingerprint density at radius 1 is 1.05 bits per heavy atom. The maximum atomic E-state index is 5.83. The highest BCUT2D eigenvalue weighted by molar-refractivity contribution is 5.20. The van der Waals surface area contributed by atoms with Crippen LogP contribution in [0.3, 0.4) is 0 Å². The zero-order valence-corrected chi connectivity index (χ0v) is 13.8. The molecule has 0 bridgehead atoms. The molecule has 0 saturated heterocycles. The fourth-order valence-electron chi connectivity index (χ4n) is 2.22. The molecule has 1 N–H and O–H groups in total. The SMILES string of the molecule is CC(C)CNCC(CCOc1ccccc1)C(C)(C)C. The van der Waals surface area contributed by atoms with E-state index in [4.69, 9.17) is 4.74 Å². The molecular weight excluding hydrogens is 246 g/mol. The lowest BCUT2D eigenvalue weighted by molar-refractivity contribution is 0.178. The van der Waals surface area contributed by atoms with Crippen molar-refractivity contribution in [2.75, 3.05) is 19.7 Å². The van der Waals surface area contributed by atoms with Gasteiger partial charge in [-0.15, -0.1) is 0 Å². The number of rotatable bonds is 8. The van der Waals surface area contributed by atoms with Gasteiger partial charge in [0.05, 0.1) is 6.61 Å². The second-order valence-electron chi connectivity index (χ2n) is 7.07. The predicted octanol–water partition coefficient (Wildman–Crippen LogP) is 4.36. The number of hydrogen-bond donors (Lipinski definition) is 1. The van der Waals surface area contributed by atoms with Gasteiger partial charge in [-0.1, -0.05) is 52.8 Å². The highest BCUT2D eigenvalue weighted by Gasteiger charge is 2.24. The van der Waals surface area contributed by atoms with E-state index >= 15 is 0 Å². The molecule has 0 saturated carbocycles. The van der Waals surface area contributed by atoms with Crippen LogP contribution in [0.15, 0.2) is 30.3 Å². The average molecular weight is 277 g/mol. The molecule has 0 amide bonds. The topological polar surface area (TPSA) is 21.3 Å². The predicted molar refractivity (Wildman–Crippen MR) is 87.2 cm³/mol. The molecule has 0 radical (unpaired) electrons. The maximum Gasteiger partial charge on any atom is 0.119 e. The van der Waals surface area contributed by atoms with E-state index in [2.05, 4.69) is 39.9 Å². The summed E-state index contributed by atoms with van der Waals surface area (Å²) >= 11 is 0. The van der Waals surface area contributed by atoms with Crippen LogP contribution in [0.1, 0.15) is 41.0 Å². The van der Waals surface area contributed by atoms with Gasteiger partial charge in [-0.3, -0.25) is 0 Å². The molecule has 2 heteroatoms. The molecule has 0 spiro atoms. The lowest BCUT2D eigenvalue weighted by Gasteiger charge is -2.31. The fourth-order valence-corrected chi connectivity index (χ4v) is 2.22. The number of benzene rings is 1. The van der Waals surface area contributed by atoms with Crippen LogP contribution in [0.4, 0.5) is 0 Å². The molecule has 0 aromatic heterocycles. The molecule has 1 aromatic carbocycles. The third-order valence-electron chi connectivity index (χ3n) is 3.65. The zero-order chi connectivity index (χ0) is 15.0. The van der Waals surface area contributed by atoms with E-state index in [1.165, 1.54) is 0 Å². The smallest absolute Gasteiger partial charge is 0.119 e. The Labute approximate surface area is 124 Å². The molecule has 1 unspecified atom stereocenters. The number of ether oxygens (including phenoxy) is 1. The fraction of sp³-hybridized carbons (Fsp3) is 0.667. The van der Waals surface area contributed by atoms with Gasteiger partial charge in [0.25, 0.3) is 0 Å². The minimum absolute atomic E-state index is 0.310. The normalized spacial score (nSPS) is 13.5. The van der Waals surface area contributed by atoms with Gasteiger partial charge in [-0.05, 0) is 48.9 Å². The first-order valence-electron chi connectivity index (χ1n) is 7.78. The Hall–Kier alpha value is -1.02. The van der Waals surface area contributed by atoms with Gasteiger partial charge in [-0.2, -0.15) is 0 Å². The van der Waals surface area contributed by atoms with E-state index in [-0.39, 0.29) is 0 Å². The third kappa shape index (κ3) is 6.95. The molecule has 20 heavy (non-hydrogen) atoms. The molecule has 0 aliphatic carbocycles. The quantitative estimate of drug-likeness (QED) is 0.762. The van der Waals surface area contributed by atoms with Crippen molar-refractivity contribution in [3.05, 3.63) is 30.3 Å². The Morgan fingerprint density at radius 2 is 1.70 bits per heavy atom. The Bertz CT molecular complexity index is 353. The van der Waals surface area contributed by atoms with Gasteiger partial charge in [0.15, 0.2) is 0 Å². The lowest BCUT2D eigenvalue weighted by Crippen LogP contribution is -2.34. The van der Waals surface area contributed by atoms with Crippen molar-refractivity contribution < 1.29 is 4.74 Å². The molecule has 0 aliphatic heterocycles. The van der Waals surface area contributed by atoms with E-state index in [1.807, 2.05) is 30.3 Å². The van der Waals surface area contributed by atoms with Gasteiger partial charge in [0.2, 0.25) is 0 Å². The van der Waals surface area contributed by atoms with Crippen molar-refractivity contribution in [1.82, 2.24) is 5.32 Å². The molecule has 114 valence electrons. The molecule has 2 nitrogen and oxygen atoms in total. The highest BCUT2D eigenvalue weighted by Crippen LogP contribution is 2.28. The van der Waals surface area contributed by atoms with Gasteiger partial charge < -0.3 is 10.1 Å². The number of hydrogen-bond acceptors (Lipinski definition) is 2. The van der Waals surface area contributed by atoms with Crippen LogP contribution in [-0.2, 0) is 0 Å². The summed E-state index contributed by atoms with van der Waals surface area (Å²) in [4.78, 5) is 0. The first kappa shape index (κ1) is 17.0. The maximum absolute atomic E-state index is 5.83. The summed E-state index contributed by atoms with van der Waals surface area (Å²) in [5.74, 6) is 2.30. The summed E-state index contributed by atoms with van der Waals surface area (Å²) in [5, 5.41) is 3.58. The Morgan fingerprint density at radius 3 is 2.25 bits per heavy atom. The Kier molecular flexibility index (Phi) is 7.08. The third-order valence-corrected chi connectivity index (χ3v) is 3.65. The Balaban J connectivity index is 2.37. The summed E-state index contributed by atoms with van der Waals surface area (Å²) in [6, 6.07) is 10.1. The van der Waals surface area contributed by atoms with Crippen molar-refractivity contribution in [3.63, 3.8) is 0 Å². The van der Waals surface area contributed by atoms with Crippen molar-refractivity contribution in [2.24, 2.45) is 17.3 Å². The first-order valence-corrected chi connectivity index (χ1v) is 7.78. The summed E-state index contributed by atoms with van der Waals surface area (Å²) in [5.41, 5.74) is 0.310. The number of para-hydroxylation sites is 1. The first-order chi connectivity index (χ1) is 9.39. The second kappa shape index (κ2) is 8.31. The molecule has 0 aliphatic rings. The van der Waals surface area contributed by atoms with Gasteiger partial charge in [0, 0.05) is 0 Å². The van der Waals surface area contributed by atoms with Crippen LogP contribution in [0, 0.1) is 17.3 Å². The minimum atomic E-state index is 0.310. The zero-order valence-electron chi connectivity index (χ0n) is 13.8. The molecule has 0 fully saturated rings.